The largest absolute Gasteiger partial charge is 0.341 e. The van der Waals surface area contributed by atoms with Crippen LogP contribution in [0.15, 0.2) is 28.6 Å². The standard InChI is InChI=1S/C16H18N4O2S/c1-11-2-5-18(6-3-11)15(21)9-20-16(22)13-8-14-12(4-7-23-14)19(13)10-17-20/h4,7-8,10-11H,2-3,5-6,9H2,1H3. The lowest BCUT2D eigenvalue weighted by Crippen LogP contribution is -2.41. The van der Waals surface area contributed by atoms with Crippen LogP contribution in [0.3, 0.4) is 0 Å². The number of likely N-dealkylation sites (tertiary alicyclic amines) is 1. The van der Waals surface area contributed by atoms with Crippen molar-refractivity contribution in [1.29, 1.82) is 0 Å². The molecule has 23 heavy (non-hydrogen) atoms. The molecule has 4 rings (SSSR count). The molecule has 3 aromatic rings. The van der Waals surface area contributed by atoms with Crippen LogP contribution in [-0.2, 0) is 11.3 Å². The van der Waals surface area contributed by atoms with Crippen molar-refractivity contribution in [3.8, 4) is 0 Å². The average Bonchev–Trinajstić information content (AvgIpc) is 3.12. The van der Waals surface area contributed by atoms with Crippen molar-refractivity contribution >= 4 is 33.0 Å². The van der Waals surface area contributed by atoms with E-state index in [-0.39, 0.29) is 18.0 Å². The lowest BCUT2D eigenvalue weighted by Gasteiger charge is -2.30. The number of thiophene rings is 1. The Hall–Kier alpha value is -2.15. The molecule has 0 N–H and O–H groups in total. The molecule has 1 saturated heterocycles. The van der Waals surface area contributed by atoms with Crippen molar-refractivity contribution in [2.24, 2.45) is 5.92 Å². The molecule has 0 aromatic carbocycles. The number of hydrogen-bond donors (Lipinski definition) is 0. The normalized spacial score (nSPS) is 16.5. The van der Waals surface area contributed by atoms with Crippen LogP contribution in [0, 0.1) is 5.92 Å². The number of nitrogens with zero attached hydrogens (tertiary/aromatic N) is 4. The summed E-state index contributed by atoms with van der Waals surface area (Å²) in [5.74, 6) is 0.647. The maximum Gasteiger partial charge on any atom is 0.291 e. The van der Waals surface area contributed by atoms with E-state index in [2.05, 4.69) is 12.0 Å². The van der Waals surface area contributed by atoms with Crippen LogP contribution in [0.2, 0.25) is 0 Å². The predicted octanol–water partition coefficient (Wildman–Crippen LogP) is 1.97. The summed E-state index contributed by atoms with van der Waals surface area (Å²) in [6.07, 6.45) is 3.68. The highest BCUT2D eigenvalue weighted by Crippen LogP contribution is 2.23. The Morgan fingerprint density at radius 1 is 1.35 bits per heavy atom. The van der Waals surface area contributed by atoms with Gasteiger partial charge in [-0.15, -0.1) is 11.3 Å². The summed E-state index contributed by atoms with van der Waals surface area (Å²) in [5.41, 5.74) is 1.34. The molecule has 6 nitrogen and oxygen atoms in total. The number of aromatic nitrogens is 3. The van der Waals surface area contributed by atoms with Gasteiger partial charge in [-0.2, -0.15) is 5.10 Å². The van der Waals surface area contributed by atoms with Crippen molar-refractivity contribution in [1.82, 2.24) is 19.1 Å². The summed E-state index contributed by atoms with van der Waals surface area (Å²) in [4.78, 5) is 26.8. The summed E-state index contributed by atoms with van der Waals surface area (Å²) < 4.78 is 4.12. The molecule has 120 valence electrons. The Morgan fingerprint density at radius 3 is 2.91 bits per heavy atom. The van der Waals surface area contributed by atoms with Crippen LogP contribution in [0.1, 0.15) is 19.8 Å². The van der Waals surface area contributed by atoms with Crippen molar-refractivity contribution in [2.75, 3.05) is 13.1 Å². The van der Waals surface area contributed by atoms with E-state index in [0.717, 1.165) is 36.1 Å². The molecule has 1 aliphatic heterocycles. The van der Waals surface area contributed by atoms with Crippen molar-refractivity contribution in [3.63, 3.8) is 0 Å². The molecule has 1 aliphatic rings. The van der Waals surface area contributed by atoms with Crippen LogP contribution in [-0.4, -0.2) is 38.1 Å². The Balaban J connectivity index is 1.62. The SMILES string of the molecule is CC1CCN(C(=O)Cn2ncn3c(cc4sccc43)c2=O)CC1. The number of piperidine rings is 1. The van der Waals surface area contributed by atoms with Gasteiger partial charge in [0.2, 0.25) is 5.91 Å². The van der Waals surface area contributed by atoms with Crippen LogP contribution >= 0.6 is 11.3 Å². The number of rotatable bonds is 2. The van der Waals surface area contributed by atoms with Gasteiger partial charge in [-0.3, -0.25) is 14.0 Å². The second kappa shape index (κ2) is 5.49. The maximum atomic E-state index is 12.6. The summed E-state index contributed by atoms with van der Waals surface area (Å²) in [7, 11) is 0. The molecule has 0 spiro atoms. The monoisotopic (exact) mass is 330 g/mol. The Labute approximate surface area is 136 Å². The Bertz CT molecular complexity index is 931. The van der Waals surface area contributed by atoms with Crippen LogP contribution in [0.5, 0.6) is 0 Å². The molecule has 0 bridgehead atoms. The molecular weight excluding hydrogens is 312 g/mol. The second-order valence-electron chi connectivity index (χ2n) is 6.23. The third-order valence-electron chi connectivity index (χ3n) is 4.64. The minimum atomic E-state index is -0.213. The quantitative estimate of drug-likeness (QED) is 0.722. The molecule has 4 heterocycles. The van der Waals surface area contributed by atoms with Gasteiger partial charge in [0.15, 0.2) is 0 Å². The van der Waals surface area contributed by atoms with Gasteiger partial charge in [0.1, 0.15) is 18.4 Å². The highest BCUT2D eigenvalue weighted by Gasteiger charge is 2.21. The van der Waals surface area contributed by atoms with Crippen LogP contribution in [0.25, 0.3) is 15.7 Å². The zero-order valence-electron chi connectivity index (χ0n) is 12.9. The predicted molar refractivity (Wildman–Crippen MR) is 89.8 cm³/mol. The highest BCUT2D eigenvalue weighted by atomic mass is 32.1. The molecule has 1 fully saturated rings. The van der Waals surface area contributed by atoms with Gasteiger partial charge in [-0.05, 0) is 36.3 Å². The van der Waals surface area contributed by atoms with Gasteiger partial charge in [-0.25, -0.2) is 4.68 Å². The molecular formula is C16H18N4O2S. The molecule has 3 aromatic heterocycles. The Kier molecular flexibility index (Phi) is 3.45. The summed E-state index contributed by atoms with van der Waals surface area (Å²) in [6, 6.07) is 3.84. The van der Waals surface area contributed by atoms with Gasteiger partial charge < -0.3 is 4.90 Å². The lowest BCUT2D eigenvalue weighted by molar-refractivity contribution is -0.133. The van der Waals surface area contributed by atoms with Gasteiger partial charge in [0.25, 0.3) is 5.56 Å². The summed E-state index contributed by atoms with van der Waals surface area (Å²) >= 11 is 1.59. The van der Waals surface area contributed by atoms with Gasteiger partial charge in [0.05, 0.1) is 10.2 Å². The summed E-state index contributed by atoms with van der Waals surface area (Å²) in [5, 5.41) is 6.17. The molecule has 0 atom stereocenters. The number of carbonyl (C=O) groups is 1. The van der Waals surface area contributed by atoms with Gasteiger partial charge >= 0.3 is 0 Å². The Morgan fingerprint density at radius 2 is 2.13 bits per heavy atom. The van der Waals surface area contributed by atoms with Crippen LogP contribution in [0.4, 0.5) is 0 Å². The van der Waals surface area contributed by atoms with E-state index in [4.69, 9.17) is 0 Å². The molecule has 0 saturated carbocycles. The number of amides is 1. The van der Waals surface area contributed by atoms with Crippen molar-refractivity contribution < 1.29 is 4.79 Å². The first-order valence-corrected chi connectivity index (χ1v) is 8.73. The number of carbonyl (C=O) groups excluding carboxylic acids is 1. The molecule has 0 unspecified atom stereocenters. The minimum absolute atomic E-state index is 0.0164. The number of fused-ring (bicyclic) bond motifs is 3. The van der Waals surface area contributed by atoms with Gasteiger partial charge in [-0.1, -0.05) is 6.92 Å². The van der Waals surface area contributed by atoms with E-state index < -0.39 is 0 Å². The van der Waals surface area contributed by atoms with Crippen LogP contribution < -0.4 is 5.56 Å². The van der Waals surface area contributed by atoms with Crippen molar-refractivity contribution in [2.45, 2.75) is 26.3 Å². The molecule has 0 radical (unpaired) electrons. The zero-order valence-corrected chi connectivity index (χ0v) is 13.8. The third-order valence-corrected chi connectivity index (χ3v) is 5.49. The fourth-order valence-electron chi connectivity index (χ4n) is 3.13. The summed E-state index contributed by atoms with van der Waals surface area (Å²) in [6.45, 7) is 3.78. The fourth-order valence-corrected chi connectivity index (χ4v) is 3.94. The average molecular weight is 330 g/mol. The van der Waals surface area contributed by atoms with Gasteiger partial charge in [0, 0.05) is 13.1 Å². The van der Waals surface area contributed by atoms with E-state index in [1.165, 1.54) is 4.68 Å². The fraction of sp³-hybridized carbons (Fsp3) is 0.438. The maximum absolute atomic E-state index is 12.6. The molecule has 1 amide bonds. The second-order valence-corrected chi connectivity index (χ2v) is 7.17. The smallest absolute Gasteiger partial charge is 0.291 e. The third kappa shape index (κ3) is 2.45. The van der Waals surface area contributed by atoms with E-state index in [1.807, 2.05) is 22.4 Å². The first-order chi connectivity index (χ1) is 11.1. The molecule has 7 heteroatoms. The first kappa shape index (κ1) is 14.4. The van der Waals surface area contributed by atoms with Crippen molar-refractivity contribution in [3.05, 3.63) is 34.2 Å². The van der Waals surface area contributed by atoms with E-state index >= 15 is 0 Å². The first-order valence-electron chi connectivity index (χ1n) is 7.85. The van der Waals surface area contributed by atoms with E-state index in [0.29, 0.717) is 11.4 Å². The lowest BCUT2D eigenvalue weighted by atomic mass is 9.99. The molecule has 0 aliphatic carbocycles. The topological polar surface area (TPSA) is 59.6 Å². The van der Waals surface area contributed by atoms with E-state index in [9.17, 15) is 9.59 Å². The zero-order chi connectivity index (χ0) is 16.0. The minimum Gasteiger partial charge on any atom is -0.341 e. The number of hydrogen-bond acceptors (Lipinski definition) is 4. The van der Waals surface area contributed by atoms with E-state index in [1.54, 1.807) is 22.1 Å². The highest BCUT2D eigenvalue weighted by molar-refractivity contribution is 7.17.